The minimum Gasteiger partial charge on any atom is -0.384 e. The Morgan fingerprint density at radius 1 is 1.10 bits per heavy atom. The Labute approximate surface area is 117 Å². The van der Waals surface area contributed by atoms with Crippen LogP contribution in [-0.4, -0.2) is 6.54 Å². The van der Waals surface area contributed by atoms with E-state index in [9.17, 15) is 13.2 Å². The molecule has 20 heavy (non-hydrogen) atoms. The van der Waals surface area contributed by atoms with E-state index < -0.39 is 11.7 Å². The second-order valence-electron chi connectivity index (χ2n) is 6.12. The topological polar surface area (TPSA) is 12.0 Å². The maximum atomic E-state index is 12.8. The van der Waals surface area contributed by atoms with E-state index in [0.29, 0.717) is 5.92 Å². The van der Waals surface area contributed by atoms with Crippen LogP contribution in [0, 0.1) is 5.92 Å². The smallest absolute Gasteiger partial charge is 0.384 e. The Balaban J connectivity index is 1.77. The highest BCUT2D eigenvalue weighted by Crippen LogP contribution is 2.41. The molecular weight excluding hydrogens is 263 g/mol. The fraction of sp³-hybridized carbons (Fsp3) is 0.625. The summed E-state index contributed by atoms with van der Waals surface area (Å²) < 4.78 is 38.5. The molecule has 1 unspecified atom stereocenters. The minimum atomic E-state index is -4.24. The molecule has 0 amide bonds. The summed E-state index contributed by atoms with van der Waals surface area (Å²) in [6.07, 6.45) is 3.14. The Bertz CT molecular complexity index is 475. The van der Waals surface area contributed by atoms with Crippen LogP contribution in [0.15, 0.2) is 18.2 Å². The molecule has 1 N–H and O–H groups in total. The third-order valence-electron chi connectivity index (χ3n) is 4.70. The van der Waals surface area contributed by atoms with E-state index in [0.717, 1.165) is 24.2 Å². The summed E-state index contributed by atoms with van der Waals surface area (Å²) >= 11 is 0. The first kappa shape index (κ1) is 13.8. The van der Waals surface area contributed by atoms with Crippen molar-refractivity contribution in [2.75, 3.05) is 11.9 Å². The molecule has 1 aromatic rings. The first-order valence-corrected chi connectivity index (χ1v) is 7.49. The Hall–Kier alpha value is -1.19. The average molecular weight is 283 g/mol. The van der Waals surface area contributed by atoms with Crippen LogP contribution >= 0.6 is 0 Å². The van der Waals surface area contributed by atoms with Crippen LogP contribution in [0.2, 0.25) is 0 Å². The maximum absolute atomic E-state index is 12.8. The van der Waals surface area contributed by atoms with Crippen molar-refractivity contribution < 1.29 is 13.2 Å². The van der Waals surface area contributed by atoms with Crippen molar-refractivity contribution in [2.45, 2.75) is 50.6 Å². The summed E-state index contributed by atoms with van der Waals surface area (Å²) in [5, 5.41) is 3.25. The van der Waals surface area contributed by atoms with Gasteiger partial charge in [0.05, 0.1) is 5.56 Å². The first-order valence-electron chi connectivity index (χ1n) is 7.49. The molecule has 1 aliphatic carbocycles. The van der Waals surface area contributed by atoms with Crippen LogP contribution in [0.3, 0.4) is 0 Å². The molecule has 0 aromatic heterocycles. The van der Waals surface area contributed by atoms with E-state index >= 15 is 0 Å². The number of rotatable bonds is 2. The van der Waals surface area contributed by atoms with Gasteiger partial charge in [-0.25, -0.2) is 0 Å². The van der Waals surface area contributed by atoms with Gasteiger partial charge < -0.3 is 5.32 Å². The summed E-state index contributed by atoms with van der Waals surface area (Å²) in [6.45, 7) is 0.785. The predicted octanol–water partition coefficient (Wildman–Crippen LogP) is 5.18. The lowest BCUT2D eigenvalue weighted by atomic mass is 9.81. The molecular formula is C16H20F3N. The van der Waals surface area contributed by atoms with Crippen molar-refractivity contribution in [1.82, 2.24) is 0 Å². The van der Waals surface area contributed by atoms with Gasteiger partial charge in [0.1, 0.15) is 0 Å². The molecule has 3 rings (SSSR count). The number of hydrogen-bond donors (Lipinski definition) is 1. The molecule has 1 nitrogen and oxygen atoms in total. The molecule has 1 atom stereocenters. The third-order valence-corrected chi connectivity index (χ3v) is 4.70. The number of nitrogens with one attached hydrogen (secondary N) is 1. The molecule has 4 heteroatoms. The molecule has 1 aliphatic heterocycles. The van der Waals surface area contributed by atoms with Crippen molar-refractivity contribution in [3.05, 3.63) is 29.3 Å². The van der Waals surface area contributed by atoms with E-state index in [-0.39, 0.29) is 5.92 Å². The lowest BCUT2D eigenvalue weighted by Gasteiger charge is -2.24. The van der Waals surface area contributed by atoms with Crippen LogP contribution in [0.1, 0.15) is 55.6 Å². The van der Waals surface area contributed by atoms with Crippen LogP contribution in [0.5, 0.6) is 0 Å². The molecule has 0 bridgehead atoms. The summed E-state index contributed by atoms with van der Waals surface area (Å²) in [5.74, 6) is 0.937. The van der Waals surface area contributed by atoms with Gasteiger partial charge >= 0.3 is 6.18 Å². The van der Waals surface area contributed by atoms with Crippen LogP contribution < -0.4 is 5.32 Å². The van der Waals surface area contributed by atoms with E-state index in [2.05, 4.69) is 5.32 Å². The van der Waals surface area contributed by atoms with Gasteiger partial charge in [0.15, 0.2) is 0 Å². The molecule has 0 radical (unpaired) electrons. The quantitative estimate of drug-likeness (QED) is 0.788. The summed E-state index contributed by atoms with van der Waals surface area (Å²) in [7, 11) is 0. The Morgan fingerprint density at radius 3 is 2.55 bits per heavy atom. The monoisotopic (exact) mass is 283 g/mol. The van der Waals surface area contributed by atoms with Crippen LogP contribution in [0.4, 0.5) is 18.9 Å². The van der Waals surface area contributed by atoms with Crippen molar-refractivity contribution in [3.8, 4) is 0 Å². The molecule has 1 heterocycles. The van der Waals surface area contributed by atoms with Crippen molar-refractivity contribution >= 4 is 5.69 Å². The number of halogens is 3. The fourth-order valence-corrected chi connectivity index (χ4v) is 3.62. The second-order valence-corrected chi connectivity index (χ2v) is 6.12. The van der Waals surface area contributed by atoms with E-state index in [4.69, 9.17) is 0 Å². The van der Waals surface area contributed by atoms with E-state index in [1.54, 1.807) is 6.07 Å². The highest BCUT2D eigenvalue weighted by atomic mass is 19.4. The third kappa shape index (κ3) is 2.79. The maximum Gasteiger partial charge on any atom is 0.416 e. The molecule has 110 valence electrons. The largest absolute Gasteiger partial charge is 0.416 e. The van der Waals surface area contributed by atoms with Gasteiger partial charge in [0, 0.05) is 18.2 Å². The Kier molecular flexibility index (Phi) is 3.65. The SMILES string of the molecule is FC(F)(F)c1ccc2c(c1)C(CC1CCCCC1)CN2. The predicted molar refractivity (Wildman–Crippen MR) is 73.9 cm³/mol. The molecule has 1 fully saturated rings. The lowest BCUT2D eigenvalue weighted by molar-refractivity contribution is -0.137. The summed E-state index contributed by atoms with van der Waals surface area (Å²) in [5.41, 5.74) is 1.23. The molecule has 2 aliphatic rings. The standard InChI is InChI=1S/C16H20F3N/c17-16(18,19)13-6-7-15-14(9-13)12(10-20-15)8-11-4-2-1-3-5-11/h6-7,9,11-12,20H,1-5,8,10H2. The molecule has 1 aromatic carbocycles. The van der Waals surface area contributed by atoms with Crippen molar-refractivity contribution in [1.29, 1.82) is 0 Å². The average Bonchev–Trinajstić information content (AvgIpc) is 2.82. The van der Waals surface area contributed by atoms with Crippen LogP contribution in [-0.2, 0) is 6.18 Å². The van der Waals surface area contributed by atoms with E-state index in [1.807, 2.05) is 0 Å². The highest BCUT2D eigenvalue weighted by molar-refractivity contribution is 5.59. The number of benzene rings is 1. The molecule has 0 saturated heterocycles. The van der Waals surface area contributed by atoms with Gasteiger partial charge in [-0.2, -0.15) is 13.2 Å². The first-order chi connectivity index (χ1) is 9.54. The number of alkyl halides is 3. The second kappa shape index (κ2) is 5.30. The van der Waals surface area contributed by atoms with Gasteiger partial charge in [0.25, 0.3) is 0 Å². The van der Waals surface area contributed by atoms with Gasteiger partial charge in [0.2, 0.25) is 0 Å². The highest BCUT2D eigenvalue weighted by Gasteiger charge is 2.33. The summed E-state index contributed by atoms with van der Waals surface area (Å²) in [4.78, 5) is 0. The van der Waals surface area contributed by atoms with Gasteiger partial charge in [-0.15, -0.1) is 0 Å². The van der Waals surface area contributed by atoms with E-state index in [1.165, 1.54) is 44.2 Å². The zero-order valence-corrected chi connectivity index (χ0v) is 11.5. The zero-order chi connectivity index (χ0) is 14.2. The molecule has 1 saturated carbocycles. The normalized spacial score (nSPS) is 23.4. The number of anilines is 1. The van der Waals surface area contributed by atoms with Gasteiger partial charge in [-0.1, -0.05) is 32.1 Å². The minimum absolute atomic E-state index is 0.246. The van der Waals surface area contributed by atoms with Gasteiger partial charge in [-0.3, -0.25) is 0 Å². The van der Waals surface area contributed by atoms with Crippen LogP contribution in [0.25, 0.3) is 0 Å². The molecule has 0 spiro atoms. The lowest BCUT2D eigenvalue weighted by Crippen LogP contribution is -2.13. The Morgan fingerprint density at radius 2 is 1.85 bits per heavy atom. The number of fused-ring (bicyclic) bond motifs is 1. The fourth-order valence-electron chi connectivity index (χ4n) is 3.62. The summed E-state index contributed by atoms with van der Waals surface area (Å²) in [6, 6.07) is 4.11. The number of hydrogen-bond acceptors (Lipinski definition) is 1. The van der Waals surface area contributed by atoms with Crippen molar-refractivity contribution in [3.63, 3.8) is 0 Å². The van der Waals surface area contributed by atoms with Crippen molar-refractivity contribution in [2.24, 2.45) is 5.92 Å². The van der Waals surface area contributed by atoms with Gasteiger partial charge in [-0.05, 0) is 36.1 Å². The zero-order valence-electron chi connectivity index (χ0n) is 11.5.